The average molecular weight is 367 g/mol. The Balaban J connectivity index is 0. The maximum absolute atomic E-state index is 10.4. The summed E-state index contributed by atoms with van der Waals surface area (Å²) in [6, 6.07) is 0. The minimum absolute atomic E-state index is 0. The zero-order chi connectivity index (χ0) is 8.41. The molecule has 0 aliphatic heterocycles. The summed E-state index contributed by atoms with van der Waals surface area (Å²) >= 11 is 0. The van der Waals surface area contributed by atoms with Crippen LogP contribution in [-0.2, 0) is 34.9 Å². The molecule has 0 unspecified atom stereocenters. The van der Waals surface area contributed by atoms with Gasteiger partial charge in [0.2, 0.25) is 9.05 Å². The zero-order valence-electron chi connectivity index (χ0n) is 6.13. The van der Waals surface area contributed by atoms with E-state index in [0.29, 0.717) is 0 Å². The maximum Gasteiger partial charge on any atom is 0.230 e. The van der Waals surface area contributed by atoms with Crippen molar-refractivity contribution < 1.29 is 34.3 Å². The second-order valence-electron chi connectivity index (χ2n) is 2.67. The Kier molecular flexibility index (Phi) is 5.89. The third-order valence-electron chi connectivity index (χ3n) is 0.810. The Hall–Kier alpha value is 0.598. The summed E-state index contributed by atoms with van der Waals surface area (Å²) in [4.78, 5) is 10.1. The van der Waals surface area contributed by atoms with Gasteiger partial charge < -0.3 is 4.79 Å². The van der Waals surface area contributed by atoms with Crippen LogP contribution in [0.2, 0.25) is 0 Å². The van der Waals surface area contributed by atoms with Crippen LogP contribution in [0, 0.1) is 5.41 Å². The van der Waals surface area contributed by atoms with Gasteiger partial charge in [0.15, 0.2) is 0 Å². The molecule has 0 amide bonds. The molecule has 0 bridgehead atoms. The molecule has 0 radical (unpaired) electrons. The standard InChI is InChI=1S/C5H8ClO3S.W/c1-5(2,3-7)4-10(6,8)9;/h4H2,1-2H3;/q-1;. The second-order valence-corrected chi connectivity index (χ2v) is 5.45. The minimum Gasteiger partial charge on any atom is -0.541 e. The molecular formula is C5H8ClO3SW-. The van der Waals surface area contributed by atoms with Crippen LogP contribution >= 0.6 is 10.7 Å². The van der Waals surface area contributed by atoms with Gasteiger partial charge in [0.25, 0.3) is 0 Å². The van der Waals surface area contributed by atoms with Crippen molar-refractivity contribution in [3.05, 3.63) is 0 Å². The fourth-order valence-electron chi connectivity index (χ4n) is 0.460. The maximum atomic E-state index is 10.4. The molecule has 66 valence electrons. The Morgan fingerprint density at radius 2 is 1.82 bits per heavy atom. The molecule has 0 saturated carbocycles. The van der Waals surface area contributed by atoms with Crippen molar-refractivity contribution in [1.29, 1.82) is 0 Å². The molecule has 0 aliphatic carbocycles. The van der Waals surface area contributed by atoms with Crippen molar-refractivity contribution in [2.45, 2.75) is 13.8 Å². The van der Waals surface area contributed by atoms with E-state index in [1.54, 1.807) is 6.29 Å². The van der Waals surface area contributed by atoms with Crippen LogP contribution < -0.4 is 0 Å². The fraction of sp³-hybridized carbons (Fsp3) is 0.800. The van der Waals surface area contributed by atoms with Crippen LogP contribution in [0.5, 0.6) is 0 Å². The predicted octanol–water partition coefficient (Wildman–Crippen LogP) is 0.688. The first kappa shape index (κ1) is 14.1. The van der Waals surface area contributed by atoms with E-state index in [4.69, 9.17) is 10.7 Å². The Labute approximate surface area is 85.2 Å². The molecule has 0 aromatic rings. The fourth-order valence-corrected chi connectivity index (χ4v) is 2.20. The third-order valence-corrected chi connectivity index (χ3v) is 2.20. The van der Waals surface area contributed by atoms with Crippen molar-refractivity contribution >= 4 is 26.0 Å². The van der Waals surface area contributed by atoms with Crippen LogP contribution in [0.25, 0.3) is 0 Å². The second kappa shape index (κ2) is 4.58. The monoisotopic (exact) mass is 367 g/mol. The summed E-state index contributed by atoms with van der Waals surface area (Å²) < 4.78 is 20.8. The summed E-state index contributed by atoms with van der Waals surface area (Å²) in [6.45, 7) is 2.92. The van der Waals surface area contributed by atoms with Crippen molar-refractivity contribution in [2.24, 2.45) is 5.41 Å². The topological polar surface area (TPSA) is 51.2 Å². The molecule has 0 heterocycles. The average Bonchev–Trinajstić information content (AvgIpc) is 1.60. The first-order chi connectivity index (χ1) is 4.27. The van der Waals surface area contributed by atoms with Crippen molar-refractivity contribution in [2.75, 3.05) is 5.75 Å². The van der Waals surface area contributed by atoms with E-state index < -0.39 is 14.5 Å². The van der Waals surface area contributed by atoms with E-state index in [2.05, 4.69) is 0 Å². The van der Waals surface area contributed by atoms with Crippen molar-refractivity contribution in [3.8, 4) is 0 Å². The van der Waals surface area contributed by atoms with Gasteiger partial charge >= 0.3 is 0 Å². The van der Waals surface area contributed by atoms with Gasteiger partial charge in [-0.15, -0.1) is 5.41 Å². The predicted molar refractivity (Wildman–Crippen MR) is 39.1 cm³/mol. The molecule has 3 nitrogen and oxygen atoms in total. The largest absolute Gasteiger partial charge is 0.541 e. The molecule has 0 aromatic carbocycles. The number of halogens is 1. The molecule has 0 N–H and O–H groups in total. The molecule has 0 saturated heterocycles. The van der Waals surface area contributed by atoms with E-state index in [1.165, 1.54) is 13.8 Å². The molecule has 11 heavy (non-hydrogen) atoms. The van der Waals surface area contributed by atoms with Gasteiger partial charge in [-0.2, -0.15) is 0 Å². The van der Waals surface area contributed by atoms with Gasteiger partial charge in [-0.3, -0.25) is 6.29 Å². The van der Waals surface area contributed by atoms with Crippen LogP contribution in [0.15, 0.2) is 0 Å². The van der Waals surface area contributed by atoms with E-state index >= 15 is 0 Å². The Morgan fingerprint density at radius 1 is 1.45 bits per heavy atom. The molecule has 0 fully saturated rings. The molecule has 0 aliphatic rings. The smallest absolute Gasteiger partial charge is 0.230 e. The normalized spacial score (nSPS) is 11.9. The Morgan fingerprint density at radius 3 is 1.91 bits per heavy atom. The van der Waals surface area contributed by atoms with Crippen molar-refractivity contribution in [1.82, 2.24) is 0 Å². The molecule has 0 rings (SSSR count). The Bertz CT molecular complexity index is 222. The quantitative estimate of drug-likeness (QED) is 0.545. The molecule has 6 heteroatoms. The van der Waals surface area contributed by atoms with Crippen LogP contribution in [-0.4, -0.2) is 20.5 Å². The summed E-state index contributed by atoms with van der Waals surface area (Å²) in [5.74, 6) is -0.370. The van der Waals surface area contributed by atoms with E-state index in [0.717, 1.165) is 0 Å². The van der Waals surface area contributed by atoms with Gasteiger partial charge in [-0.25, -0.2) is 8.42 Å². The first-order valence-corrected chi connectivity index (χ1v) is 5.06. The van der Waals surface area contributed by atoms with Crippen LogP contribution in [0.1, 0.15) is 13.8 Å². The molecule has 0 spiro atoms. The zero-order valence-corrected chi connectivity index (χ0v) is 10.6. The van der Waals surface area contributed by atoms with E-state index in [1.807, 2.05) is 0 Å². The SMILES string of the molecule is CC(C)([C-]=O)CS(=O)(=O)Cl.[W]. The van der Waals surface area contributed by atoms with E-state index in [-0.39, 0.29) is 26.8 Å². The first-order valence-electron chi connectivity index (χ1n) is 2.58. The van der Waals surface area contributed by atoms with Gasteiger partial charge in [0, 0.05) is 37.5 Å². The number of rotatable bonds is 3. The van der Waals surface area contributed by atoms with Gasteiger partial charge in [-0.1, -0.05) is 13.8 Å². The molecule has 0 aromatic heterocycles. The van der Waals surface area contributed by atoms with E-state index in [9.17, 15) is 13.2 Å². The number of carbonyl (C=O) groups excluding carboxylic acids is 1. The minimum atomic E-state index is -3.58. The summed E-state index contributed by atoms with van der Waals surface area (Å²) in [7, 11) is 1.31. The van der Waals surface area contributed by atoms with Crippen LogP contribution in [0.4, 0.5) is 0 Å². The number of hydrogen-bond acceptors (Lipinski definition) is 3. The summed E-state index contributed by atoms with van der Waals surface area (Å²) in [5.41, 5.74) is -0.999. The molecular weight excluding hydrogens is 359 g/mol. The van der Waals surface area contributed by atoms with Crippen LogP contribution in [0.3, 0.4) is 0 Å². The van der Waals surface area contributed by atoms with Gasteiger partial charge in [0.1, 0.15) is 0 Å². The summed E-state index contributed by atoms with van der Waals surface area (Å²) in [6.07, 6.45) is 1.58. The van der Waals surface area contributed by atoms with Gasteiger partial charge in [0.05, 0.1) is 0 Å². The van der Waals surface area contributed by atoms with Crippen molar-refractivity contribution in [3.63, 3.8) is 0 Å². The number of hydrogen-bond donors (Lipinski definition) is 0. The van der Waals surface area contributed by atoms with Gasteiger partial charge in [-0.05, 0) is 0 Å². The third kappa shape index (κ3) is 8.50. The summed E-state index contributed by atoms with van der Waals surface area (Å²) in [5, 5.41) is 0. The molecule has 0 atom stereocenters.